The van der Waals surface area contributed by atoms with Crippen LogP contribution in [-0.2, 0) is 0 Å². The maximum Gasteiger partial charge on any atom is 0.0199 e. The molecule has 0 aliphatic heterocycles. The molecule has 2 nitrogen and oxygen atoms in total. The van der Waals surface area contributed by atoms with Crippen LogP contribution in [0.15, 0.2) is 12.2 Å². The Hall–Kier alpha value is -0.340. The molecule has 2 heteroatoms. The van der Waals surface area contributed by atoms with E-state index in [0.717, 1.165) is 25.6 Å². The number of nitrogens with one attached hydrogen (secondary N) is 1. The number of hydrogen-bond donors (Lipinski definition) is 1. The first-order chi connectivity index (χ1) is 6.72. The Labute approximate surface area is 88.4 Å². The molecule has 14 heavy (non-hydrogen) atoms. The molecule has 0 atom stereocenters. The van der Waals surface area contributed by atoms with Crippen molar-refractivity contribution < 1.29 is 0 Å². The fourth-order valence-corrected chi connectivity index (χ4v) is 1.69. The van der Waals surface area contributed by atoms with E-state index in [-0.39, 0.29) is 0 Å². The third kappa shape index (κ3) is 5.40. The molecule has 0 aromatic rings. The molecule has 0 unspecified atom stereocenters. The molecule has 1 rings (SSSR count). The van der Waals surface area contributed by atoms with Crippen molar-refractivity contribution >= 4 is 0 Å². The third-order valence-corrected chi connectivity index (χ3v) is 2.56. The zero-order valence-corrected chi connectivity index (χ0v) is 9.68. The molecule has 1 aliphatic carbocycles. The Balaban J connectivity index is 1.99. The predicted molar refractivity (Wildman–Crippen MR) is 62.5 cm³/mol. The van der Waals surface area contributed by atoms with E-state index in [4.69, 9.17) is 0 Å². The second-order valence-electron chi connectivity index (χ2n) is 4.57. The van der Waals surface area contributed by atoms with E-state index in [0.29, 0.717) is 0 Å². The first kappa shape index (κ1) is 11.7. The van der Waals surface area contributed by atoms with Gasteiger partial charge in [0.1, 0.15) is 0 Å². The summed E-state index contributed by atoms with van der Waals surface area (Å²) in [6.45, 7) is 10.7. The highest BCUT2D eigenvalue weighted by atomic mass is 15.1. The van der Waals surface area contributed by atoms with Crippen molar-refractivity contribution in [2.45, 2.75) is 26.2 Å². The molecule has 1 fully saturated rings. The van der Waals surface area contributed by atoms with E-state index >= 15 is 0 Å². The molecule has 0 aromatic carbocycles. The lowest BCUT2D eigenvalue weighted by Crippen LogP contribution is -2.27. The average molecular weight is 196 g/mol. The predicted octanol–water partition coefficient (Wildman–Crippen LogP) is 1.88. The van der Waals surface area contributed by atoms with Crippen molar-refractivity contribution in [2.75, 3.05) is 33.2 Å². The van der Waals surface area contributed by atoms with Crippen LogP contribution in [0.2, 0.25) is 0 Å². The summed E-state index contributed by atoms with van der Waals surface area (Å²) < 4.78 is 0. The highest BCUT2D eigenvalue weighted by Gasteiger charge is 2.22. The van der Waals surface area contributed by atoms with Crippen molar-refractivity contribution in [1.82, 2.24) is 10.2 Å². The monoisotopic (exact) mass is 196 g/mol. The summed E-state index contributed by atoms with van der Waals surface area (Å²) in [6, 6.07) is 0. The minimum Gasteiger partial charge on any atom is -0.313 e. The summed E-state index contributed by atoms with van der Waals surface area (Å²) in [5.74, 6) is 0.983. The second kappa shape index (κ2) is 6.20. The molecule has 0 aromatic heterocycles. The molecule has 0 heterocycles. The molecular weight excluding hydrogens is 172 g/mol. The minimum atomic E-state index is 0.975. The van der Waals surface area contributed by atoms with Crippen molar-refractivity contribution in [3.8, 4) is 0 Å². The van der Waals surface area contributed by atoms with Gasteiger partial charge in [0.25, 0.3) is 0 Å². The summed E-state index contributed by atoms with van der Waals surface area (Å²) >= 11 is 0. The largest absolute Gasteiger partial charge is 0.313 e. The quantitative estimate of drug-likeness (QED) is 0.471. The van der Waals surface area contributed by atoms with Gasteiger partial charge in [-0.1, -0.05) is 13.5 Å². The molecular formula is C12H24N2. The SMILES string of the molecule is C=C(CNCCC)CN(C)CC1CC1. The number of nitrogens with zero attached hydrogens (tertiary/aromatic N) is 1. The number of likely N-dealkylation sites (N-methyl/N-ethyl adjacent to an activating group) is 1. The fourth-order valence-electron chi connectivity index (χ4n) is 1.69. The van der Waals surface area contributed by atoms with Crippen LogP contribution in [0.1, 0.15) is 26.2 Å². The molecule has 82 valence electrons. The molecule has 0 spiro atoms. The van der Waals surface area contributed by atoms with Crippen molar-refractivity contribution in [3.63, 3.8) is 0 Å². The van der Waals surface area contributed by atoms with Gasteiger partial charge in [0.2, 0.25) is 0 Å². The Kier molecular flexibility index (Phi) is 5.20. The van der Waals surface area contributed by atoms with Crippen LogP contribution in [0.5, 0.6) is 0 Å². The lowest BCUT2D eigenvalue weighted by molar-refractivity contribution is 0.344. The highest BCUT2D eigenvalue weighted by molar-refractivity contribution is 4.99. The standard InChI is InChI=1S/C12H24N2/c1-4-7-13-8-11(2)9-14(3)10-12-5-6-12/h12-13H,2,4-10H2,1,3H3. The van der Waals surface area contributed by atoms with Crippen LogP contribution < -0.4 is 5.32 Å². The maximum absolute atomic E-state index is 4.09. The summed E-state index contributed by atoms with van der Waals surface area (Å²) in [6.07, 6.45) is 4.07. The van der Waals surface area contributed by atoms with Gasteiger partial charge < -0.3 is 10.2 Å². The van der Waals surface area contributed by atoms with Gasteiger partial charge in [-0.2, -0.15) is 0 Å². The molecule has 0 amide bonds. The minimum absolute atomic E-state index is 0.975. The van der Waals surface area contributed by atoms with E-state index in [9.17, 15) is 0 Å². The number of hydrogen-bond acceptors (Lipinski definition) is 2. The lowest BCUT2D eigenvalue weighted by atomic mass is 10.2. The molecule has 1 aliphatic rings. The van der Waals surface area contributed by atoms with E-state index in [2.05, 4.69) is 30.8 Å². The third-order valence-electron chi connectivity index (χ3n) is 2.56. The highest BCUT2D eigenvalue weighted by Crippen LogP contribution is 2.29. The van der Waals surface area contributed by atoms with Gasteiger partial charge in [0, 0.05) is 19.6 Å². The van der Waals surface area contributed by atoms with Gasteiger partial charge in [-0.25, -0.2) is 0 Å². The Morgan fingerprint density at radius 3 is 2.79 bits per heavy atom. The van der Waals surface area contributed by atoms with Gasteiger partial charge in [-0.05, 0) is 44.3 Å². The van der Waals surface area contributed by atoms with Crippen LogP contribution in [0.3, 0.4) is 0 Å². The Bertz CT molecular complexity index is 173. The van der Waals surface area contributed by atoms with Crippen LogP contribution in [-0.4, -0.2) is 38.1 Å². The smallest absolute Gasteiger partial charge is 0.0199 e. The average Bonchev–Trinajstić information content (AvgIpc) is 2.88. The molecule has 0 radical (unpaired) electrons. The van der Waals surface area contributed by atoms with E-state index in [1.807, 2.05) is 0 Å². The van der Waals surface area contributed by atoms with Crippen LogP contribution >= 0.6 is 0 Å². The van der Waals surface area contributed by atoms with E-state index < -0.39 is 0 Å². The molecule has 0 bridgehead atoms. The van der Waals surface area contributed by atoms with Crippen molar-refractivity contribution in [1.29, 1.82) is 0 Å². The zero-order chi connectivity index (χ0) is 10.4. The Morgan fingerprint density at radius 2 is 2.21 bits per heavy atom. The van der Waals surface area contributed by atoms with Crippen LogP contribution in [0.4, 0.5) is 0 Å². The van der Waals surface area contributed by atoms with Crippen molar-refractivity contribution in [3.05, 3.63) is 12.2 Å². The first-order valence-electron chi connectivity index (χ1n) is 5.78. The summed E-state index contributed by atoms with van der Waals surface area (Å²) in [7, 11) is 2.20. The topological polar surface area (TPSA) is 15.3 Å². The van der Waals surface area contributed by atoms with Crippen molar-refractivity contribution in [2.24, 2.45) is 5.92 Å². The molecule has 1 saturated carbocycles. The Morgan fingerprint density at radius 1 is 1.50 bits per heavy atom. The summed E-state index contributed by atoms with van der Waals surface area (Å²) in [5.41, 5.74) is 1.31. The normalized spacial score (nSPS) is 16.2. The lowest BCUT2D eigenvalue weighted by Gasteiger charge is -2.17. The summed E-state index contributed by atoms with van der Waals surface area (Å²) in [4.78, 5) is 2.40. The maximum atomic E-state index is 4.09. The summed E-state index contributed by atoms with van der Waals surface area (Å²) in [5, 5.41) is 3.38. The first-order valence-corrected chi connectivity index (χ1v) is 5.78. The van der Waals surface area contributed by atoms with Gasteiger partial charge >= 0.3 is 0 Å². The van der Waals surface area contributed by atoms with Gasteiger partial charge in [-0.3, -0.25) is 0 Å². The molecule has 0 saturated heterocycles. The van der Waals surface area contributed by atoms with Gasteiger partial charge in [-0.15, -0.1) is 0 Å². The number of rotatable bonds is 8. The zero-order valence-electron chi connectivity index (χ0n) is 9.68. The molecule has 1 N–H and O–H groups in total. The van der Waals surface area contributed by atoms with Gasteiger partial charge in [0.15, 0.2) is 0 Å². The van der Waals surface area contributed by atoms with Crippen LogP contribution in [0, 0.1) is 5.92 Å². The van der Waals surface area contributed by atoms with Crippen LogP contribution in [0.25, 0.3) is 0 Å². The van der Waals surface area contributed by atoms with Gasteiger partial charge in [0.05, 0.1) is 0 Å². The van der Waals surface area contributed by atoms with E-state index in [1.54, 1.807) is 0 Å². The van der Waals surface area contributed by atoms with E-state index in [1.165, 1.54) is 31.4 Å². The second-order valence-corrected chi connectivity index (χ2v) is 4.57. The fraction of sp³-hybridized carbons (Fsp3) is 0.833.